The van der Waals surface area contributed by atoms with E-state index in [4.69, 9.17) is 16.9 Å². The van der Waals surface area contributed by atoms with E-state index in [0.717, 1.165) is 15.7 Å². The summed E-state index contributed by atoms with van der Waals surface area (Å²) in [6.07, 6.45) is -4.57. The summed E-state index contributed by atoms with van der Waals surface area (Å²) in [4.78, 5) is 0. The van der Waals surface area contributed by atoms with E-state index >= 15 is 0 Å². The van der Waals surface area contributed by atoms with Crippen LogP contribution in [0, 0.1) is 14.9 Å². The number of hydrogen-bond donors (Lipinski definition) is 1. The van der Waals surface area contributed by atoms with Gasteiger partial charge in [-0.15, -0.1) is 0 Å². The molecule has 2 aromatic carbocycles. The second-order valence-corrected chi connectivity index (χ2v) is 5.72. The summed E-state index contributed by atoms with van der Waals surface area (Å²) >= 11 is 7.86. The fourth-order valence-electron chi connectivity index (χ4n) is 1.70. The average Bonchev–Trinajstić information content (AvgIpc) is 2.41. The van der Waals surface area contributed by atoms with E-state index < -0.39 is 17.3 Å². The summed E-state index contributed by atoms with van der Waals surface area (Å²) in [5, 5.41) is 12.2. The first kappa shape index (κ1) is 15.9. The molecule has 0 saturated carbocycles. The molecule has 0 unspecified atom stereocenters. The highest BCUT2D eigenvalue weighted by molar-refractivity contribution is 14.1. The molecule has 0 aliphatic heterocycles. The molecule has 0 fully saturated rings. The summed E-state index contributed by atoms with van der Waals surface area (Å²) in [5.74, 6) is 0. The predicted octanol–water partition coefficient (Wildman–Crippen LogP) is 5.58. The zero-order chi connectivity index (χ0) is 15.6. The smallest absolute Gasteiger partial charge is 0.355 e. The van der Waals surface area contributed by atoms with Crippen LogP contribution >= 0.6 is 34.2 Å². The van der Waals surface area contributed by atoms with Crippen molar-refractivity contribution in [1.82, 2.24) is 0 Å². The third-order valence-corrected chi connectivity index (χ3v) is 3.78. The van der Waals surface area contributed by atoms with Crippen LogP contribution in [-0.4, -0.2) is 0 Å². The van der Waals surface area contributed by atoms with Crippen LogP contribution in [0.2, 0.25) is 5.02 Å². The third kappa shape index (κ3) is 3.80. The fraction of sp³-hybridized carbons (Fsp3) is 0.0714. The van der Waals surface area contributed by atoms with Crippen molar-refractivity contribution in [3.63, 3.8) is 0 Å². The van der Waals surface area contributed by atoms with Crippen molar-refractivity contribution < 1.29 is 13.2 Å². The van der Waals surface area contributed by atoms with Gasteiger partial charge in [0.25, 0.3) is 0 Å². The van der Waals surface area contributed by atoms with Gasteiger partial charge in [0.1, 0.15) is 0 Å². The van der Waals surface area contributed by atoms with Crippen LogP contribution in [0.25, 0.3) is 0 Å². The minimum absolute atomic E-state index is 0.251. The maximum atomic E-state index is 12.9. The lowest BCUT2D eigenvalue weighted by atomic mass is 10.1. The van der Waals surface area contributed by atoms with Gasteiger partial charge in [0, 0.05) is 14.3 Å². The van der Waals surface area contributed by atoms with Crippen molar-refractivity contribution in [3.05, 3.63) is 56.1 Å². The monoisotopic (exact) mass is 422 g/mol. The molecular weight excluding hydrogens is 416 g/mol. The normalized spacial score (nSPS) is 11.0. The van der Waals surface area contributed by atoms with Gasteiger partial charge in [-0.1, -0.05) is 11.6 Å². The molecular formula is C14H7ClF3IN2. The Hall–Kier alpha value is -1.46. The standard InChI is InChI=1S/C14H7ClF3IN2/c15-9-2-4-13(12(19)5-9)21-10-3-1-8(7-20)11(6-10)14(16,17)18/h1-6,21H. The van der Waals surface area contributed by atoms with Crippen LogP contribution in [0.1, 0.15) is 11.1 Å². The van der Waals surface area contributed by atoms with E-state index in [-0.39, 0.29) is 5.69 Å². The van der Waals surface area contributed by atoms with Gasteiger partial charge in [-0.2, -0.15) is 18.4 Å². The molecule has 0 aromatic heterocycles. The van der Waals surface area contributed by atoms with Gasteiger partial charge in [0.15, 0.2) is 0 Å². The van der Waals surface area contributed by atoms with Gasteiger partial charge >= 0.3 is 6.18 Å². The van der Waals surface area contributed by atoms with Crippen molar-refractivity contribution >= 4 is 45.6 Å². The molecule has 0 spiro atoms. The molecule has 108 valence electrons. The van der Waals surface area contributed by atoms with Crippen LogP contribution < -0.4 is 5.32 Å². The first-order chi connectivity index (χ1) is 9.81. The van der Waals surface area contributed by atoms with Crippen LogP contribution in [0.5, 0.6) is 0 Å². The van der Waals surface area contributed by atoms with E-state index in [0.29, 0.717) is 10.7 Å². The lowest BCUT2D eigenvalue weighted by Crippen LogP contribution is -2.08. The summed E-state index contributed by atoms with van der Waals surface area (Å²) < 4.78 is 39.4. The molecule has 2 aromatic rings. The highest BCUT2D eigenvalue weighted by atomic mass is 127. The van der Waals surface area contributed by atoms with Gasteiger partial charge in [0.2, 0.25) is 0 Å². The maximum Gasteiger partial charge on any atom is 0.417 e. The molecule has 0 atom stereocenters. The molecule has 0 bridgehead atoms. The average molecular weight is 423 g/mol. The number of anilines is 2. The Bertz CT molecular complexity index is 723. The topological polar surface area (TPSA) is 35.8 Å². The third-order valence-electron chi connectivity index (χ3n) is 2.66. The van der Waals surface area contributed by atoms with E-state index in [1.807, 2.05) is 22.6 Å². The van der Waals surface area contributed by atoms with Crippen LogP contribution in [-0.2, 0) is 6.18 Å². The molecule has 0 aliphatic rings. The van der Waals surface area contributed by atoms with Crippen LogP contribution in [0.3, 0.4) is 0 Å². The largest absolute Gasteiger partial charge is 0.417 e. The van der Waals surface area contributed by atoms with Gasteiger partial charge in [-0.25, -0.2) is 0 Å². The van der Waals surface area contributed by atoms with Gasteiger partial charge in [-0.05, 0) is 59.0 Å². The highest BCUT2D eigenvalue weighted by Gasteiger charge is 2.33. The molecule has 0 aliphatic carbocycles. The highest BCUT2D eigenvalue weighted by Crippen LogP contribution is 2.34. The van der Waals surface area contributed by atoms with Crippen LogP contribution in [0.4, 0.5) is 24.5 Å². The first-order valence-corrected chi connectivity index (χ1v) is 7.10. The van der Waals surface area contributed by atoms with Gasteiger partial charge in [-0.3, -0.25) is 0 Å². The second kappa shape index (κ2) is 6.12. The Balaban J connectivity index is 2.40. The summed E-state index contributed by atoms with van der Waals surface area (Å²) in [5.41, 5.74) is -0.475. The Morgan fingerprint density at radius 3 is 2.43 bits per heavy atom. The quantitative estimate of drug-likeness (QED) is 0.642. The Kier molecular flexibility index (Phi) is 4.64. The number of alkyl halides is 3. The molecule has 21 heavy (non-hydrogen) atoms. The Morgan fingerprint density at radius 2 is 1.86 bits per heavy atom. The number of hydrogen-bond acceptors (Lipinski definition) is 2. The SMILES string of the molecule is N#Cc1ccc(Nc2ccc(Cl)cc2I)cc1C(F)(F)F. The lowest BCUT2D eigenvalue weighted by molar-refractivity contribution is -0.137. The van der Waals surface area contributed by atoms with Gasteiger partial charge < -0.3 is 5.32 Å². The Morgan fingerprint density at radius 1 is 1.14 bits per heavy atom. The summed E-state index contributed by atoms with van der Waals surface area (Å²) in [6.45, 7) is 0. The van der Waals surface area contributed by atoms with Crippen LogP contribution in [0.15, 0.2) is 36.4 Å². The van der Waals surface area contributed by atoms with Gasteiger partial charge in [0.05, 0.1) is 22.9 Å². The number of benzene rings is 2. The van der Waals surface area contributed by atoms with Crippen molar-refractivity contribution in [2.24, 2.45) is 0 Å². The number of halogens is 5. The minimum Gasteiger partial charge on any atom is -0.355 e. The fourth-order valence-corrected chi connectivity index (χ4v) is 2.71. The lowest BCUT2D eigenvalue weighted by Gasteiger charge is -2.13. The molecule has 7 heteroatoms. The summed E-state index contributed by atoms with van der Waals surface area (Å²) in [7, 11) is 0. The maximum absolute atomic E-state index is 12.9. The molecule has 2 rings (SSSR count). The molecule has 0 amide bonds. The second-order valence-electron chi connectivity index (χ2n) is 4.12. The van der Waals surface area contributed by atoms with Crippen molar-refractivity contribution in [2.75, 3.05) is 5.32 Å². The molecule has 0 saturated heterocycles. The van der Waals surface area contributed by atoms with E-state index in [1.165, 1.54) is 6.07 Å². The van der Waals surface area contributed by atoms with Crippen molar-refractivity contribution in [2.45, 2.75) is 6.18 Å². The number of nitriles is 1. The van der Waals surface area contributed by atoms with E-state index in [1.54, 1.807) is 24.3 Å². The van der Waals surface area contributed by atoms with Crippen molar-refractivity contribution in [1.29, 1.82) is 5.26 Å². The molecule has 0 heterocycles. The molecule has 2 nitrogen and oxygen atoms in total. The predicted molar refractivity (Wildman–Crippen MR) is 83.6 cm³/mol. The molecule has 1 N–H and O–H groups in total. The van der Waals surface area contributed by atoms with E-state index in [2.05, 4.69) is 5.32 Å². The first-order valence-electron chi connectivity index (χ1n) is 5.64. The number of nitrogens with one attached hydrogen (secondary N) is 1. The number of nitrogens with zero attached hydrogens (tertiary/aromatic N) is 1. The van der Waals surface area contributed by atoms with Crippen molar-refractivity contribution in [3.8, 4) is 6.07 Å². The zero-order valence-electron chi connectivity index (χ0n) is 10.3. The zero-order valence-corrected chi connectivity index (χ0v) is 13.2. The minimum atomic E-state index is -4.57. The van der Waals surface area contributed by atoms with E-state index in [9.17, 15) is 13.2 Å². The molecule has 0 radical (unpaired) electrons. The number of rotatable bonds is 2. The Labute approximate surface area is 137 Å². The summed E-state index contributed by atoms with van der Waals surface area (Å²) in [6, 6.07) is 10.0.